The highest BCUT2D eigenvalue weighted by Gasteiger charge is 2.35. The number of rotatable bonds is 6. The van der Waals surface area contributed by atoms with Crippen LogP contribution >= 0.6 is 0 Å². The Balaban J connectivity index is 4.41. The molecule has 5 nitrogen and oxygen atoms in total. The van der Waals surface area contributed by atoms with Crippen LogP contribution in [-0.4, -0.2) is 28.9 Å². The monoisotopic (exact) mass is 246 g/mol. The van der Waals surface area contributed by atoms with Crippen LogP contribution in [0.5, 0.6) is 0 Å². The summed E-state index contributed by atoms with van der Waals surface area (Å²) in [7, 11) is 0. The van der Waals surface area contributed by atoms with Crippen molar-refractivity contribution in [2.45, 2.75) is 59.0 Å². The molecule has 0 heterocycles. The van der Waals surface area contributed by atoms with E-state index in [1.165, 1.54) is 0 Å². The number of ether oxygens (including phenoxy) is 1. The van der Waals surface area contributed by atoms with E-state index in [1.807, 2.05) is 27.7 Å². The first-order chi connectivity index (χ1) is 7.40. The molecule has 4 N–H and O–H groups in total. The van der Waals surface area contributed by atoms with Gasteiger partial charge in [-0.05, 0) is 48.0 Å². The molecule has 0 aromatic carbocycles. The number of carbonyl (C=O) groups excluding carboxylic acids is 1. The first kappa shape index (κ1) is 16.4. The second-order valence-electron chi connectivity index (χ2n) is 6.62. The number of carbonyl (C=O) groups is 1. The van der Waals surface area contributed by atoms with E-state index in [0.29, 0.717) is 6.42 Å². The smallest absolute Gasteiger partial charge is 0.311 e. The minimum Gasteiger partial charge on any atom is -0.463 e. The Morgan fingerprint density at radius 2 is 1.71 bits per heavy atom. The fourth-order valence-corrected chi connectivity index (χ4v) is 1.68. The predicted octanol–water partition coefficient (Wildman–Crippen LogP) is 1.44. The van der Waals surface area contributed by atoms with Crippen LogP contribution in [0.2, 0.25) is 0 Å². The van der Waals surface area contributed by atoms with E-state index in [4.69, 9.17) is 15.7 Å². The van der Waals surface area contributed by atoms with E-state index in [0.717, 1.165) is 0 Å². The summed E-state index contributed by atoms with van der Waals surface area (Å²) < 4.78 is 5.19. The molecule has 0 amide bonds. The van der Waals surface area contributed by atoms with Crippen molar-refractivity contribution in [1.29, 1.82) is 0 Å². The predicted molar refractivity (Wildman–Crippen MR) is 66.6 cm³/mol. The molecule has 5 heteroatoms. The Kier molecular flexibility index (Phi) is 5.13. The summed E-state index contributed by atoms with van der Waals surface area (Å²) in [5, 5.41) is 8.83. The van der Waals surface area contributed by atoms with Crippen molar-refractivity contribution in [3.63, 3.8) is 0 Å². The van der Waals surface area contributed by atoms with Gasteiger partial charge in [0, 0.05) is 5.54 Å². The zero-order chi connectivity index (χ0) is 13.9. The molecule has 0 saturated carbocycles. The van der Waals surface area contributed by atoms with E-state index < -0.39 is 16.5 Å². The average molecular weight is 246 g/mol. The van der Waals surface area contributed by atoms with Crippen LogP contribution < -0.4 is 11.2 Å². The summed E-state index contributed by atoms with van der Waals surface area (Å²) in [6.07, 6.45) is 0.534. The summed E-state index contributed by atoms with van der Waals surface area (Å²) in [4.78, 5) is 11.9. The fraction of sp³-hybridized carbons (Fsp3) is 0.917. The Labute approximate surface area is 104 Å². The van der Waals surface area contributed by atoms with Gasteiger partial charge in [-0.3, -0.25) is 4.79 Å². The third-order valence-corrected chi connectivity index (χ3v) is 2.32. The summed E-state index contributed by atoms with van der Waals surface area (Å²) in [6.45, 7) is 11.0. The summed E-state index contributed by atoms with van der Waals surface area (Å²) in [5.74, 6) is -0.306. The second-order valence-corrected chi connectivity index (χ2v) is 6.62. The van der Waals surface area contributed by atoms with Crippen LogP contribution in [0.25, 0.3) is 0 Å². The van der Waals surface area contributed by atoms with Crippen LogP contribution in [0, 0.1) is 5.41 Å². The lowest BCUT2D eigenvalue weighted by Crippen LogP contribution is -2.45. The van der Waals surface area contributed by atoms with Crippen molar-refractivity contribution in [3.8, 4) is 0 Å². The van der Waals surface area contributed by atoms with Gasteiger partial charge in [-0.25, -0.2) is 0 Å². The molecule has 0 radical (unpaired) electrons. The minimum absolute atomic E-state index is 0.108. The summed E-state index contributed by atoms with van der Waals surface area (Å²) in [5.41, 5.74) is 6.29. The molecule has 0 unspecified atom stereocenters. The van der Waals surface area contributed by atoms with Crippen molar-refractivity contribution in [3.05, 3.63) is 0 Å². The number of esters is 1. The summed E-state index contributed by atoms with van der Waals surface area (Å²) in [6, 6.07) is 0. The molecule has 0 atom stereocenters. The second kappa shape index (κ2) is 5.33. The maximum absolute atomic E-state index is 11.9. The highest BCUT2D eigenvalue weighted by atomic mass is 16.5. The fourth-order valence-electron chi connectivity index (χ4n) is 1.68. The number of hydrogen-bond acceptors (Lipinski definition) is 5. The van der Waals surface area contributed by atoms with Crippen LogP contribution in [0.15, 0.2) is 0 Å². The average Bonchev–Trinajstić information content (AvgIpc) is 2.10. The van der Waals surface area contributed by atoms with Crippen molar-refractivity contribution in [1.82, 2.24) is 5.48 Å². The lowest BCUT2D eigenvalue weighted by Gasteiger charge is -2.31. The highest BCUT2D eigenvalue weighted by molar-refractivity contribution is 5.76. The first-order valence-corrected chi connectivity index (χ1v) is 5.77. The number of hydrogen-bond donors (Lipinski definition) is 3. The van der Waals surface area contributed by atoms with Crippen LogP contribution in [-0.2, 0) is 9.53 Å². The van der Waals surface area contributed by atoms with Gasteiger partial charge < -0.3 is 15.7 Å². The van der Waals surface area contributed by atoms with E-state index >= 15 is 0 Å². The maximum atomic E-state index is 11.9. The van der Waals surface area contributed by atoms with E-state index in [-0.39, 0.29) is 12.6 Å². The maximum Gasteiger partial charge on any atom is 0.311 e. The molecule has 0 rings (SSSR count). The number of hydroxylamine groups is 1. The normalized spacial score (nSPS) is 13.6. The van der Waals surface area contributed by atoms with Gasteiger partial charge in [-0.2, -0.15) is 5.48 Å². The van der Waals surface area contributed by atoms with Crippen molar-refractivity contribution >= 4 is 5.97 Å². The lowest BCUT2D eigenvalue weighted by molar-refractivity contribution is -0.158. The minimum atomic E-state index is -0.649. The third kappa shape index (κ3) is 6.61. The Morgan fingerprint density at radius 3 is 2.06 bits per heavy atom. The van der Waals surface area contributed by atoms with Gasteiger partial charge in [0.2, 0.25) is 0 Å². The van der Waals surface area contributed by atoms with Crippen LogP contribution in [0.4, 0.5) is 0 Å². The molecular weight excluding hydrogens is 220 g/mol. The van der Waals surface area contributed by atoms with Gasteiger partial charge >= 0.3 is 5.97 Å². The van der Waals surface area contributed by atoms with Crippen molar-refractivity contribution < 1.29 is 14.7 Å². The lowest BCUT2D eigenvalue weighted by atomic mass is 9.80. The Morgan fingerprint density at radius 1 is 1.24 bits per heavy atom. The van der Waals surface area contributed by atoms with Gasteiger partial charge in [0.25, 0.3) is 0 Å². The molecule has 0 aliphatic carbocycles. The zero-order valence-electron chi connectivity index (χ0n) is 11.8. The molecule has 0 aliphatic heterocycles. The third-order valence-electron chi connectivity index (χ3n) is 2.32. The van der Waals surface area contributed by atoms with Crippen LogP contribution in [0.1, 0.15) is 48.0 Å². The Hall–Kier alpha value is -0.650. The standard InChI is InChI=1S/C12H26N2O3/c1-10(2,7-11(3,4)13)9(15)17-8-12(5,6)14-16/h14,16H,7-8,13H2,1-6H3. The van der Waals surface area contributed by atoms with Gasteiger partial charge in [-0.1, -0.05) is 0 Å². The molecule has 0 aromatic rings. The highest BCUT2D eigenvalue weighted by Crippen LogP contribution is 2.28. The van der Waals surface area contributed by atoms with Gasteiger partial charge in [0.05, 0.1) is 11.0 Å². The quantitative estimate of drug-likeness (QED) is 0.488. The topological polar surface area (TPSA) is 84.6 Å². The van der Waals surface area contributed by atoms with Gasteiger partial charge in [0.15, 0.2) is 0 Å². The molecule has 102 valence electrons. The van der Waals surface area contributed by atoms with Crippen molar-refractivity contribution in [2.24, 2.45) is 11.1 Å². The van der Waals surface area contributed by atoms with E-state index in [2.05, 4.69) is 5.48 Å². The molecular formula is C12H26N2O3. The molecule has 0 aromatic heterocycles. The Bertz CT molecular complexity index is 267. The number of nitrogens with two attached hydrogens (primary N) is 1. The molecule has 0 fully saturated rings. The largest absolute Gasteiger partial charge is 0.463 e. The molecule has 0 spiro atoms. The first-order valence-electron chi connectivity index (χ1n) is 5.77. The number of nitrogens with one attached hydrogen (secondary N) is 1. The molecule has 0 saturated heterocycles. The summed E-state index contributed by atoms with van der Waals surface area (Å²) >= 11 is 0. The molecule has 17 heavy (non-hydrogen) atoms. The van der Waals surface area contributed by atoms with Gasteiger partial charge in [0.1, 0.15) is 6.61 Å². The zero-order valence-corrected chi connectivity index (χ0v) is 11.8. The molecule has 0 bridgehead atoms. The van der Waals surface area contributed by atoms with E-state index in [1.54, 1.807) is 13.8 Å². The SMILES string of the molecule is CC(C)(N)CC(C)(C)C(=O)OCC(C)(C)NO. The van der Waals surface area contributed by atoms with Crippen LogP contribution in [0.3, 0.4) is 0 Å². The van der Waals surface area contributed by atoms with Crippen molar-refractivity contribution in [2.75, 3.05) is 6.61 Å². The van der Waals surface area contributed by atoms with E-state index in [9.17, 15) is 4.79 Å². The molecule has 0 aliphatic rings. The van der Waals surface area contributed by atoms with Gasteiger partial charge in [-0.15, -0.1) is 0 Å².